The minimum Gasteiger partial charge on any atom is -0.383 e. The van der Waals surface area contributed by atoms with Crippen LogP contribution in [0.2, 0.25) is 0 Å². The van der Waals surface area contributed by atoms with Crippen molar-refractivity contribution in [3.05, 3.63) is 29.8 Å². The Morgan fingerprint density at radius 3 is 2.53 bits per heavy atom. The Hall–Kier alpha value is -0.760. The topological polar surface area (TPSA) is 46.6 Å². The summed E-state index contributed by atoms with van der Waals surface area (Å²) in [6, 6.07) is 2.32. The summed E-state index contributed by atoms with van der Waals surface area (Å²) in [4.78, 5) is -0.574. The number of methoxy groups -OCH3 is 1. The van der Waals surface area contributed by atoms with Crippen LogP contribution in [0.5, 0.6) is 0 Å². The summed E-state index contributed by atoms with van der Waals surface area (Å²) in [5, 5.41) is 0. The fraction of sp³-hybridized carbons (Fsp3) is 0.455. The fourth-order valence-corrected chi connectivity index (χ4v) is 3.24. The quantitative estimate of drug-likeness (QED) is 0.722. The first-order valence-corrected chi connectivity index (χ1v) is 7.41. The lowest BCUT2D eigenvalue weighted by Crippen LogP contribution is -2.36. The Morgan fingerprint density at radius 1 is 1.32 bits per heavy atom. The molecule has 0 bridgehead atoms. The standard InChI is InChI=1S/C11H14ClF2NO3S/c1-18-7-6-15(5-4-12)19(16,17)11-3-2-9(13)8-10(11)14/h2-3,8H,4-7H2,1H3. The summed E-state index contributed by atoms with van der Waals surface area (Å²) in [7, 11) is -2.64. The zero-order valence-electron chi connectivity index (χ0n) is 10.3. The molecule has 0 fully saturated rings. The van der Waals surface area contributed by atoms with Crippen molar-refractivity contribution in [1.29, 1.82) is 0 Å². The van der Waals surface area contributed by atoms with E-state index >= 15 is 0 Å². The van der Waals surface area contributed by atoms with Crippen LogP contribution in [0.25, 0.3) is 0 Å². The lowest BCUT2D eigenvalue weighted by Gasteiger charge is -2.21. The number of nitrogens with zero attached hydrogens (tertiary/aromatic N) is 1. The first-order chi connectivity index (χ1) is 8.93. The minimum absolute atomic E-state index is 0.0179. The van der Waals surface area contributed by atoms with Gasteiger partial charge in [0.25, 0.3) is 0 Å². The van der Waals surface area contributed by atoms with E-state index in [0.29, 0.717) is 6.07 Å². The van der Waals surface area contributed by atoms with E-state index < -0.39 is 26.6 Å². The number of hydrogen-bond acceptors (Lipinski definition) is 3. The molecule has 0 aliphatic rings. The van der Waals surface area contributed by atoms with Crippen LogP contribution in [0.3, 0.4) is 0 Å². The SMILES string of the molecule is COCCN(CCCl)S(=O)(=O)c1ccc(F)cc1F. The average Bonchev–Trinajstić information content (AvgIpc) is 2.33. The molecule has 0 amide bonds. The van der Waals surface area contributed by atoms with Gasteiger partial charge in [-0.3, -0.25) is 0 Å². The molecule has 0 saturated heterocycles. The summed E-state index contributed by atoms with van der Waals surface area (Å²) in [6.45, 7) is 0.214. The van der Waals surface area contributed by atoms with E-state index in [0.717, 1.165) is 16.4 Å². The predicted octanol–water partition coefficient (Wildman–Crippen LogP) is 1.84. The second-order valence-electron chi connectivity index (χ2n) is 3.66. The largest absolute Gasteiger partial charge is 0.383 e. The second kappa shape index (κ2) is 7.14. The highest BCUT2D eigenvalue weighted by Gasteiger charge is 2.27. The molecule has 1 rings (SSSR count). The van der Waals surface area contributed by atoms with Crippen molar-refractivity contribution in [2.75, 3.05) is 32.7 Å². The molecule has 108 valence electrons. The van der Waals surface area contributed by atoms with Crippen molar-refractivity contribution in [3.8, 4) is 0 Å². The molecule has 0 spiro atoms. The summed E-state index contributed by atoms with van der Waals surface area (Å²) in [6.07, 6.45) is 0. The molecule has 0 saturated carbocycles. The zero-order chi connectivity index (χ0) is 14.5. The van der Waals surface area contributed by atoms with Gasteiger partial charge in [0.2, 0.25) is 10.0 Å². The Bertz CT molecular complexity index is 525. The van der Waals surface area contributed by atoms with E-state index in [9.17, 15) is 17.2 Å². The van der Waals surface area contributed by atoms with E-state index in [1.54, 1.807) is 0 Å². The number of rotatable bonds is 7. The summed E-state index contributed by atoms with van der Waals surface area (Å²) in [5.74, 6) is -1.90. The Labute approximate surface area is 116 Å². The van der Waals surface area contributed by atoms with Gasteiger partial charge in [0.15, 0.2) is 0 Å². The zero-order valence-corrected chi connectivity index (χ0v) is 11.8. The highest BCUT2D eigenvalue weighted by molar-refractivity contribution is 7.89. The minimum atomic E-state index is -4.06. The predicted molar refractivity (Wildman–Crippen MR) is 67.7 cm³/mol. The van der Waals surface area contributed by atoms with Crippen LogP contribution in [0.15, 0.2) is 23.1 Å². The van der Waals surface area contributed by atoms with Crippen LogP contribution in [0.4, 0.5) is 8.78 Å². The third-order valence-electron chi connectivity index (χ3n) is 2.39. The first kappa shape index (κ1) is 16.3. The van der Waals surface area contributed by atoms with Crippen molar-refractivity contribution in [3.63, 3.8) is 0 Å². The molecule has 1 aromatic rings. The molecule has 0 aromatic heterocycles. The van der Waals surface area contributed by atoms with Gasteiger partial charge in [-0.15, -0.1) is 11.6 Å². The van der Waals surface area contributed by atoms with E-state index in [4.69, 9.17) is 16.3 Å². The Balaban J connectivity index is 3.11. The first-order valence-electron chi connectivity index (χ1n) is 5.43. The molecular formula is C11H14ClF2NO3S. The van der Waals surface area contributed by atoms with Gasteiger partial charge in [0.1, 0.15) is 16.5 Å². The highest BCUT2D eigenvalue weighted by atomic mass is 35.5. The smallest absolute Gasteiger partial charge is 0.246 e. The maximum absolute atomic E-state index is 13.6. The van der Waals surface area contributed by atoms with Gasteiger partial charge in [-0.1, -0.05) is 0 Å². The van der Waals surface area contributed by atoms with Gasteiger partial charge in [0.05, 0.1) is 6.61 Å². The van der Waals surface area contributed by atoms with Gasteiger partial charge in [0, 0.05) is 32.1 Å². The number of halogens is 3. The third kappa shape index (κ3) is 4.10. The molecule has 0 N–H and O–H groups in total. The monoisotopic (exact) mass is 313 g/mol. The molecule has 0 heterocycles. The summed E-state index contributed by atoms with van der Waals surface area (Å²) >= 11 is 5.53. The summed E-state index contributed by atoms with van der Waals surface area (Å²) < 4.78 is 56.6. The number of benzene rings is 1. The second-order valence-corrected chi connectivity index (χ2v) is 5.94. The fourth-order valence-electron chi connectivity index (χ4n) is 1.46. The molecule has 0 aliphatic carbocycles. The highest BCUT2D eigenvalue weighted by Crippen LogP contribution is 2.20. The Morgan fingerprint density at radius 2 is 2.00 bits per heavy atom. The average molecular weight is 314 g/mol. The van der Waals surface area contributed by atoms with E-state index in [-0.39, 0.29) is 25.6 Å². The lowest BCUT2D eigenvalue weighted by molar-refractivity contribution is 0.180. The molecule has 1 aromatic carbocycles. The molecule has 0 atom stereocenters. The van der Waals surface area contributed by atoms with Crippen LogP contribution in [0.1, 0.15) is 0 Å². The molecular weight excluding hydrogens is 300 g/mol. The van der Waals surface area contributed by atoms with Crippen molar-refractivity contribution in [2.45, 2.75) is 4.90 Å². The molecule has 0 aliphatic heterocycles. The molecule has 0 radical (unpaired) electrons. The number of hydrogen-bond donors (Lipinski definition) is 0. The molecule has 19 heavy (non-hydrogen) atoms. The van der Waals surface area contributed by atoms with Gasteiger partial charge < -0.3 is 4.74 Å². The number of alkyl halides is 1. The van der Waals surface area contributed by atoms with Crippen LogP contribution in [-0.4, -0.2) is 45.4 Å². The van der Waals surface area contributed by atoms with Crippen LogP contribution >= 0.6 is 11.6 Å². The maximum atomic E-state index is 13.6. The summed E-state index contributed by atoms with van der Waals surface area (Å²) in [5.41, 5.74) is 0. The van der Waals surface area contributed by atoms with Crippen LogP contribution in [0, 0.1) is 11.6 Å². The molecule has 4 nitrogen and oxygen atoms in total. The number of sulfonamides is 1. The Kier molecular flexibility index (Phi) is 6.12. The van der Waals surface area contributed by atoms with E-state index in [1.807, 2.05) is 0 Å². The van der Waals surface area contributed by atoms with Crippen molar-refractivity contribution < 1.29 is 21.9 Å². The molecule has 0 unspecified atom stereocenters. The van der Waals surface area contributed by atoms with Gasteiger partial charge in [-0.2, -0.15) is 4.31 Å². The number of ether oxygens (including phenoxy) is 1. The van der Waals surface area contributed by atoms with E-state index in [2.05, 4.69) is 0 Å². The van der Waals surface area contributed by atoms with E-state index in [1.165, 1.54) is 7.11 Å². The lowest BCUT2D eigenvalue weighted by atomic mass is 10.3. The maximum Gasteiger partial charge on any atom is 0.246 e. The van der Waals surface area contributed by atoms with Crippen molar-refractivity contribution in [1.82, 2.24) is 4.31 Å². The van der Waals surface area contributed by atoms with Crippen molar-refractivity contribution in [2.24, 2.45) is 0 Å². The molecule has 8 heteroatoms. The normalized spacial score (nSPS) is 12.1. The van der Waals surface area contributed by atoms with Crippen LogP contribution < -0.4 is 0 Å². The third-order valence-corrected chi connectivity index (χ3v) is 4.49. The van der Waals surface area contributed by atoms with Crippen LogP contribution in [-0.2, 0) is 14.8 Å². The van der Waals surface area contributed by atoms with Crippen molar-refractivity contribution >= 4 is 21.6 Å². The van der Waals surface area contributed by atoms with Gasteiger partial charge in [-0.05, 0) is 12.1 Å². The van der Waals surface area contributed by atoms with Gasteiger partial charge in [-0.25, -0.2) is 17.2 Å². The van der Waals surface area contributed by atoms with Gasteiger partial charge >= 0.3 is 0 Å².